The molecule has 2 atom stereocenters. The second kappa shape index (κ2) is 5.50. The zero-order valence-electron chi connectivity index (χ0n) is 10.9. The molecule has 0 amide bonds. The minimum atomic E-state index is 0.0693. The number of rotatable bonds is 3. The van der Waals surface area contributed by atoms with Crippen LogP contribution < -0.4 is 10.6 Å². The highest BCUT2D eigenvalue weighted by Gasteiger charge is 2.21. The summed E-state index contributed by atoms with van der Waals surface area (Å²) in [6, 6.07) is 4.96. The number of nitrogens with zero attached hydrogens (tertiary/aromatic N) is 2. The average Bonchev–Trinajstić information content (AvgIpc) is 2.39. The van der Waals surface area contributed by atoms with Gasteiger partial charge in [0.2, 0.25) is 0 Å². The summed E-state index contributed by atoms with van der Waals surface area (Å²) in [6.07, 6.45) is 7.06. The molecular weight excluding hydrogens is 210 g/mol. The summed E-state index contributed by atoms with van der Waals surface area (Å²) in [5, 5.41) is 0. The predicted molar refractivity (Wildman–Crippen MR) is 72.1 cm³/mol. The number of nitrogens with two attached hydrogens (primary N) is 1. The number of hydrogen-bond donors (Lipinski definition) is 1. The smallest absolute Gasteiger partial charge is 0.128 e. The van der Waals surface area contributed by atoms with Crippen LogP contribution in [0.5, 0.6) is 0 Å². The first kappa shape index (κ1) is 12.4. The largest absolute Gasteiger partial charge is 0.354 e. The Balaban J connectivity index is 2.15. The molecule has 1 saturated heterocycles. The molecule has 2 N–H and O–H groups in total. The van der Waals surface area contributed by atoms with Crippen LogP contribution in [-0.4, -0.2) is 17.6 Å². The van der Waals surface area contributed by atoms with Crippen molar-refractivity contribution in [3.63, 3.8) is 0 Å². The summed E-state index contributed by atoms with van der Waals surface area (Å²) in [4.78, 5) is 7.02. The quantitative estimate of drug-likeness (QED) is 0.873. The molecule has 0 spiro atoms. The Bertz CT molecular complexity index is 345. The highest BCUT2D eigenvalue weighted by molar-refractivity contribution is 5.41. The molecule has 2 heterocycles. The number of pyridine rings is 1. The molecule has 1 aromatic heterocycles. The maximum absolute atomic E-state index is 5.84. The Morgan fingerprint density at radius 3 is 2.88 bits per heavy atom. The molecule has 0 bridgehead atoms. The summed E-state index contributed by atoms with van der Waals surface area (Å²) >= 11 is 0. The standard InChI is InChI=1S/C14H23N3/c1-3-13-6-4-5-9-17(13)14-8-7-12(10-16-14)11(2)15/h7-8,10-11,13H,3-6,9,15H2,1-2H3/t11-,13?/m0/s1. The molecule has 1 aromatic rings. The predicted octanol–water partition coefficient (Wildman–Crippen LogP) is 2.87. The monoisotopic (exact) mass is 233 g/mol. The fourth-order valence-corrected chi connectivity index (χ4v) is 2.56. The van der Waals surface area contributed by atoms with Gasteiger partial charge in [0.25, 0.3) is 0 Å². The third-order valence-corrected chi connectivity index (χ3v) is 3.69. The lowest BCUT2D eigenvalue weighted by molar-refractivity contribution is 0.447. The molecule has 0 aliphatic carbocycles. The summed E-state index contributed by atoms with van der Waals surface area (Å²) in [5.74, 6) is 1.11. The van der Waals surface area contributed by atoms with E-state index >= 15 is 0 Å². The van der Waals surface area contributed by atoms with Gasteiger partial charge in [0.15, 0.2) is 0 Å². The van der Waals surface area contributed by atoms with Crippen molar-refractivity contribution in [3.05, 3.63) is 23.9 Å². The van der Waals surface area contributed by atoms with Crippen LogP contribution in [0.4, 0.5) is 5.82 Å². The Labute approximate surface area is 104 Å². The van der Waals surface area contributed by atoms with Crippen LogP contribution in [0.15, 0.2) is 18.3 Å². The molecule has 1 aliphatic rings. The maximum Gasteiger partial charge on any atom is 0.128 e. The lowest BCUT2D eigenvalue weighted by atomic mass is 10.00. The molecule has 3 nitrogen and oxygen atoms in total. The first-order valence-electron chi connectivity index (χ1n) is 6.70. The van der Waals surface area contributed by atoms with Gasteiger partial charge in [-0.2, -0.15) is 0 Å². The van der Waals surface area contributed by atoms with Gasteiger partial charge in [-0.25, -0.2) is 4.98 Å². The van der Waals surface area contributed by atoms with Crippen molar-refractivity contribution in [3.8, 4) is 0 Å². The first-order chi connectivity index (χ1) is 8.22. The van der Waals surface area contributed by atoms with E-state index in [0.29, 0.717) is 6.04 Å². The van der Waals surface area contributed by atoms with Gasteiger partial charge in [-0.1, -0.05) is 13.0 Å². The lowest BCUT2D eigenvalue weighted by Crippen LogP contribution is -2.39. The molecule has 1 unspecified atom stereocenters. The third-order valence-electron chi connectivity index (χ3n) is 3.69. The van der Waals surface area contributed by atoms with Gasteiger partial charge in [-0.15, -0.1) is 0 Å². The molecule has 17 heavy (non-hydrogen) atoms. The number of anilines is 1. The summed E-state index contributed by atoms with van der Waals surface area (Å²) in [6.45, 7) is 5.40. The van der Waals surface area contributed by atoms with Gasteiger partial charge in [0.1, 0.15) is 5.82 Å². The van der Waals surface area contributed by atoms with Crippen LogP contribution in [0.3, 0.4) is 0 Å². The molecule has 0 radical (unpaired) electrons. The van der Waals surface area contributed by atoms with Gasteiger partial charge in [0.05, 0.1) is 0 Å². The minimum Gasteiger partial charge on any atom is -0.354 e. The fourth-order valence-electron chi connectivity index (χ4n) is 2.56. The minimum absolute atomic E-state index is 0.0693. The van der Waals surface area contributed by atoms with E-state index in [2.05, 4.69) is 28.9 Å². The van der Waals surface area contributed by atoms with Gasteiger partial charge >= 0.3 is 0 Å². The maximum atomic E-state index is 5.84. The third kappa shape index (κ3) is 2.78. The zero-order valence-corrected chi connectivity index (χ0v) is 10.9. The fraction of sp³-hybridized carbons (Fsp3) is 0.643. The Hall–Kier alpha value is -1.09. The highest BCUT2D eigenvalue weighted by Crippen LogP contribution is 2.25. The molecule has 0 saturated carbocycles. The van der Waals surface area contributed by atoms with Crippen LogP contribution in [0.2, 0.25) is 0 Å². The molecule has 0 aromatic carbocycles. The number of aromatic nitrogens is 1. The second-order valence-corrected chi connectivity index (χ2v) is 4.99. The molecule has 1 fully saturated rings. The van der Waals surface area contributed by atoms with Crippen LogP contribution in [0, 0.1) is 0 Å². The van der Waals surface area contributed by atoms with Crippen molar-refractivity contribution in [1.82, 2.24) is 4.98 Å². The summed E-state index contributed by atoms with van der Waals surface area (Å²) < 4.78 is 0. The van der Waals surface area contributed by atoms with E-state index in [0.717, 1.165) is 17.9 Å². The Morgan fingerprint density at radius 1 is 1.47 bits per heavy atom. The van der Waals surface area contributed by atoms with E-state index in [-0.39, 0.29) is 6.04 Å². The molecule has 2 rings (SSSR count). The van der Waals surface area contributed by atoms with Crippen molar-refractivity contribution >= 4 is 5.82 Å². The van der Waals surface area contributed by atoms with E-state index in [1.54, 1.807) is 0 Å². The molecule has 3 heteroatoms. The van der Waals surface area contributed by atoms with E-state index < -0.39 is 0 Å². The topological polar surface area (TPSA) is 42.1 Å². The van der Waals surface area contributed by atoms with Crippen LogP contribution in [-0.2, 0) is 0 Å². The van der Waals surface area contributed by atoms with Crippen molar-refractivity contribution < 1.29 is 0 Å². The Morgan fingerprint density at radius 2 is 2.29 bits per heavy atom. The van der Waals surface area contributed by atoms with Gasteiger partial charge in [-0.3, -0.25) is 0 Å². The highest BCUT2D eigenvalue weighted by atomic mass is 15.2. The van der Waals surface area contributed by atoms with Gasteiger partial charge in [0, 0.05) is 24.8 Å². The molecule has 1 aliphatic heterocycles. The van der Waals surface area contributed by atoms with E-state index in [9.17, 15) is 0 Å². The van der Waals surface area contributed by atoms with Gasteiger partial charge in [-0.05, 0) is 44.2 Å². The average molecular weight is 233 g/mol. The van der Waals surface area contributed by atoms with E-state index in [1.165, 1.54) is 25.7 Å². The van der Waals surface area contributed by atoms with Crippen molar-refractivity contribution in [2.24, 2.45) is 5.73 Å². The molecular formula is C14H23N3. The summed E-state index contributed by atoms with van der Waals surface area (Å²) in [7, 11) is 0. The van der Waals surface area contributed by atoms with Crippen LogP contribution >= 0.6 is 0 Å². The SMILES string of the molecule is CCC1CCCCN1c1ccc([C@H](C)N)cn1. The first-order valence-corrected chi connectivity index (χ1v) is 6.70. The van der Waals surface area contributed by atoms with Crippen molar-refractivity contribution in [2.45, 2.75) is 51.6 Å². The van der Waals surface area contributed by atoms with E-state index in [1.807, 2.05) is 13.1 Å². The summed E-state index contributed by atoms with van der Waals surface area (Å²) in [5.41, 5.74) is 6.95. The zero-order chi connectivity index (χ0) is 12.3. The normalized spacial score (nSPS) is 22.5. The number of piperidine rings is 1. The van der Waals surface area contributed by atoms with Crippen molar-refractivity contribution in [1.29, 1.82) is 0 Å². The van der Waals surface area contributed by atoms with Crippen LogP contribution in [0.1, 0.15) is 51.1 Å². The molecule has 94 valence electrons. The van der Waals surface area contributed by atoms with Crippen LogP contribution in [0.25, 0.3) is 0 Å². The van der Waals surface area contributed by atoms with Gasteiger partial charge < -0.3 is 10.6 Å². The van der Waals surface area contributed by atoms with Crippen molar-refractivity contribution in [2.75, 3.05) is 11.4 Å². The Kier molecular flexibility index (Phi) is 4.00. The van der Waals surface area contributed by atoms with E-state index in [4.69, 9.17) is 5.73 Å². The second-order valence-electron chi connectivity index (χ2n) is 4.99. The lowest BCUT2D eigenvalue weighted by Gasteiger charge is -2.36. The number of hydrogen-bond acceptors (Lipinski definition) is 3.